The molecule has 1 N–H and O–H groups in total. The third-order valence-corrected chi connectivity index (χ3v) is 4.78. The van der Waals surface area contributed by atoms with Crippen LogP contribution >= 0.6 is 15.9 Å². The van der Waals surface area contributed by atoms with Gasteiger partial charge in [0.1, 0.15) is 12.3 Å². The van der Waals surface area contributed by atoms with Gasteiger partial charge in [0.25, 0.3) is 5.91 Å². The van der Waals surface area contributed by atoms with Gasteiger partial charge in [0.2, 0.25) is 0 Å². The number of amides is 3. The largest absolute Gasteiger partial charge is 0.493 e. The highest BCUT2D eigenvalue weighted by molar-refractivity contribution is 9.10. The van der Waals surface area contributed by atoms with Crippen LogP contribution in [0.1, 0.15) is 11.1 Å². The van der Waals surface area contributed by atoms with Crippen LogP contribution < -0.4 is 14.8 Å². The minimum atomic E-state index is -0.470. The van der Waals surface area contributed by atoms with Gasteiger partial charge in [-0.05, 0) is 29.3 Å². The van der Waals surface area contributed by atoms with Crippen LogP contribution in [0, 0.1) is 0 Å². The Morgan fingerprint density at radius 3 is 2.61 bits per heavy atom. The standard InChI is InChI=1S/C21H19BrN2O4/c1-3-9-24-20(25)17(23-21(24)26)10-15-11-18(27-2)19(12-16(15)22)28-13-14-7-5-4-6-8-14/h3-8,10-12H,1,9,13H2,2H3,(H,23,26)/b17-10+. The Morgan fingerprint density at radius 2 is 1.93 bits per heavy atom. The van der Waals surface area contributed by atoms with Crippen molar-refractivity contribution in [3.05, 3.63) is 76.4 Å². The number of urea groups is 1. The van der Waals surface area contributed by atoms with Crippen molar-refractivity contribution in [3.63, 3.8) is 0 Å². The number of hydrogen-bond acceptors (Lipinski definition) is 4. The monoisotopic (exact) mass is 442 g/mol. The highest BCUT2D eigenvalue weighted by atomic mass is 79.9. The van der Waals surface area contributed by atoms with Crippen molar-refractivity contribution in [2.75, 3.05) is 13.7 Å². The van der Waals surface area contributed by atoms with E-state index in [0.29, 0.717) is 28.1 Å². The second-order valence-electron chi connectivity index (χ2n) is 5.99. The number of ether oxygens (including phenoxy) is 2. The molecule has 1 aliphatic heterocycles. The summed E-state index contributed by atoms with van der Waals surface area (Å²) < 4.78 is 12.0. The van der Waals surface area contributed by atoms with Crippen molar-refractivity contribution in [1.82, 2.24) is 10.2 Å². The number of carbonyl (C=O) groups excluding carboxylic acids is 2. The molecule has 2 aromatic carbocycles. The molecule has 1 aliphatic rings. The maximum atomic E-state index is 12.4. The van der Waals surface area contributed by atoms with E-state index in [4.69, 9.17) is 9.47 Å². The van der Waals surface area contributed by atoms with E-state index in [1.165, 1.54) is 6.08 Å². The van der Waals surface area contributed by atoms with Gasteiger partial charge in [-0.15, -0.1) is 6.58 Å². The molecule has 6 nitrogen and oxygen atoms in total. The number of halogens is 1. The van der Waals surface area contributed by atoms with E-state index in [2.05, 4.69) is 27.8 Å². The molecule has 1 fully saturated rings. The first-order valence-corrected chi connectivity index (χ1v) is 9.32. The van der Waals surface area contributed by atoms with Gasteiger partial charge >= 0.3 is 6.03 Å². The molecular weight excluding hydrogens is 424 g/mol. The lowest BCUT2D eigenvalue weighted by Crippen LogP contribution is -2.30. The van der Waals surface area contributed by atoms with Crippen LogP contribution in [0.25, 0.3) is 6.08 Å². The molecule has 7 heteroatoms. The summed E-state index contributed by atoms with van der Waals surface area (Å²) in [7, 11) is 1.55. The molecule has 3 amide bonds. The molecule has 0 aromatic heterocycles. The first-order valence-electron chi connectivity index (χ1n) is 8.53. The lowest BCUT2D eigenvalue weighted by Gasteiger charge is -2.13. The van der Waals surface area contributed by atoms with Gasteiger partial charge in [0.15, 0.2) is 11.5 Å². The molecule has 144 valence electrons. The van der Waals surface area contributed by atoms with Crippen LogP contribution in [0.15, 0.2) is 65.3 Å². The lowest BCUT2D eigenvalue weighted by atomic mass is 10.1. The summed E-state index contributed by atoms with van der Waals surface area (Å²) in [6.07, 6.45) is 3.09. The van der Waals surface area contributed by atoms with Gasteiger partial charge < -0.3 is 14.8 Å². The first-order chi connectivity index (χ1) is 13.5. The van der Waals surface area contributed by atoms with Gasteiger partial charge in [-0.2, -0.15) is 0 Å². The predicted octanol–water partition coefficient (Wildman–Crippen LogP) is 4.12. The van der Waals surface area contributed by atoms with Crippen LogP contribution in [0.3, 0.4) is 0 Å². The fourth-order valence-electron chi connectivity index (χ4n) is 2.69. The number of benzene rings is 2. The molecule has 1 saturated heterocycles. The van der Waals surface area contributed by atoms with Crippen molar-refractivity contribution in [2.45, 2.75) is 6.61 Å². The zero-order valence-electron chi connectivity index (χ0n) is 15.3. The molecule has 0 bridgehead atoms. The van der Waals surface area contributed by atoms with Crippen molar-refractivity contribution in [1.29, 1.82) is 0 Å². The molecule has 0 unspecified atom stereocenters. The Hall–Kier alpha value is -3.06. The normalized spacial score (nSPS) is 14.9. The Morgan fingerprint density at radius 1 is 1.18 bits per heavy atom. The minimum absolute atomic E-state index is 0.152. The summed E-state index contributed by atoms with van der Waals surface area (Å²) in [5.41, 5.74) is 1.90. The topological polar surface area (TPSA) is 67.9 Å². The van der Waals surface area contributed by atoms with Crippen molar-refractivity contribution in [2.24, 2.45) is 0 Å². The molecule has 0 spiro atoms. The molecule has 2 aromatic rings. The van der Waals surface area contributed by atoms with E-state index in [1.807, 2.05) is 30.3 Å². The molecule has 3 rings (SSSR count). The quantitative estimate of drug-likeness (QED) is 0.397. The average Bonchev–Trinajstić information content (AvgIpc) is 2.96. The van der Waals surface area contributed by atoms with E-state index >= 15 is 0 Å². The smallest absolute Gasteiger partial charge is 0.329 e. The summed E-state index contributed by atoms with van der Waals surface area (Å²) in [6.45, 7) is 4.11. The third kappa shape index (κ3) is 4.26. The molecule has 0 saturated carbocycles. The van der Waals surface area contributed by atoms with Gasteiger partial charge in [-0.25, -0.2) is 4.79 Å². The lowest BCUT2D eigenvalue weighted by molar-refractivity contribution is -0.122. The predicted molar refractivity (Wildman–Crippen MR) is 110 cm³/mol. The zero-order valence-corrected chi connectivity index (χ0v) is 16.9. The Kier molecular flexibility index (Phi) is 6.16. The van der Waals surface area contributed by atoms with Crippen molar-refractivity contribution < 1.29 is 19.1 Å². The highest BCUT2D eigenvalue weighted by Crippen LogP contribution is 2.35. The van der Waals surface area contributed by atoms with E-state index in [9.17, 15) is 9.59 Å². The minimum Gasteiger partial charge on any atom is -0.493 e. The zero-order chi connectivity index (χ0) is 20.1. The molecule has 0 atom stereocenters. The van der Waals surface area contributed by atoms with E-state index < -0.39 is 11.9 Å². The first kappa shape index (κ1) is 19.7. The van der Waals surface area contributed by atoms with Crippen LogP contribution in [0.5, 0.6) is 11.5 Å². The van der Waals surface area contributed by atoms with Crippen LogP contribution in [0.4, 0.5) is 4.79 Å². The average molecular weight is 443 g/mol. The molecule has 0 aliphatic carbocycles. The summed E-state index contributed by atoms with van der Waals surface area (Å²) in [5.74, 6) is 0.682. The number of nitrogens with one attached hydrogen (secondary N) is 1. The summed E-state index contributed by atoms with van der Waals surface area (Å²) in [5, 5.41) is 2.57. The fourth-order valence-corrected chi connectivity index (χ4v) is 3.13. The maximum absolute atomic E-state index is 12.4. The SMILES string of the molecule is C=CCN1C(=O)N/C(=C/c2cc(OC)c(OCc3ccccc3)cc2Br)C1=O. The number of methoxy groups -OCH3 is 1. The third-order valence-electron chi connectivity index (χ3n) is 4.09. The van der Waals surface area contributed by atoms with E-state index in [1.54, 1.807) is 25.3 Å². The van der Waals surface area contributed by atoms with Crippen molar-refractivity contribution in [3.8, 4) is 11.5 Å². The van der Waals surface area contributed by atoms with Crippen LogP contribution in [-0.4, -0.2) is 30.5 Å². The van der Waals surface area contributed by atoms with E-state index in [0.717, 1.165) is 10.5 Å². The van der Waals surface area contributed by atoms with E-state index in [-0.39, 0.29) is 12.2 Å². The van der Waals surface area contributed by atoms with Gasteiger partial charge in [0.05, 0.1) is 7.11 Å². The number of carbonyl (C=O) groups is 2. The Labute approximate surface area is 171 Å². The van der Waals surface area contributed by atoms with Crippen LogP contribution in [-0.2, 0) is 11.4 Å². The molecule has 28 heavy (non-hydrogen) atoms. The number of nitrogens with zero attached hydrogens (tertiary/aromatic N) is 1. The van der Waals surface area contributed by atoms with Gasteiger partial charge in [-0.1, -0.05) is 52.3 Å². The Balaban J connectivity index is 1.84. The number of imide groups is 1. The second kappa shape index (κ2) is 8.75. The van der Waals surface area contributed by atoms with Crippen molar-refractivity contribution >= 4 is 33.9 Å². The highest BCUT2D eigenvalue weighted by Gasteiger charge is 2.32. The molecule has 0 radical (unpaired) electrons. The summed E-state index contributed by atoms with van der Waals surface area (Å²) in [6, 6.07) is 12.8. The molecule has 1 heterocycles. The van der Waals surface area contributed by atoms with Gasteiger partial charge in [0, 0.05) is 11.0 Å². The maximum Gasteiger partial charge on any atom is 0.329 e. The Bertz CT molecular complexity index is 941. The summed E-state index contributed by atoms with van der Waals surface area (Å²) >= 11 is 3.49. The van der Waals surface area contributed by atoms with Crippen LogP contribution in [0.2, 0.25) is 0 Å². The van der Waals surface area contributed by atoms with Gasteiger partial charge in [-0.3, -0.25) is 9.69 Å². The number of rotatable bonds is 7. The second-order valence-corrected chi connectivity index (χ2v) is 6.85. The fraction of sp³-hybridized carbons (Fsp3) is 0.143. The molecular formula is C21H19BrN2O4. The summed E-state index contributed by atoms with van der Waals surface area (Å²) in [4.78, 5) is 25.3. The number of hydrogen-bond donors (Lipinski definition) is 1.